The van der Waals surface area contributed by atoms with Crippen molar-refractivity contribution in [2.45, 2.75) is 25.7 Å². The van der Waals surface area contributed by atoms with Gasteiger partial charge in [-0.15, -0.1) is 0 Å². The highest BCUT2D eigenvalue weighted by atomic mass is 16.5. The third-order valence-electron chi connectivity index (χ3n) is 10.2. The predicted octanol–water partition coefficient (Wildman–Crippen LogP) is 5.14. The van der Waals surface area contributed by atoms with Crippen LogP contribution in [0.1, 0.15) is 36.8 Å². The van der Waals surface area contributed by atoms with E-state index in [4.69, 9.17) is 4.74 Å². The van der Waals surface area contributed by atoms with Crippen molar-refractivity contribution in [2.75, 3.05) is 23.0 Å². The highest BCUT2D eigenvalue weighted by Gasteiger charge is 2.67. The highest BCUT2D eigenvalue weighted by Crippen LogP contribution is 2.63. The fourth-order valence-electron chi connectivity index (χ4n) is 8.15. The average Bonchev–Trinajstić information content (AvgIpc) is 3.44. The molecule has 7 rings (SSSR count). The SMILES string of the molecule is C=Cc1ccc(N2C(=O)C3CC=C4C(CC5C(=O)N(c6ccccc6)C(=O)C5(C)C4c4ccc(OCCO)cc4)C3C2=O)cc1. The van der Waals surface area contributed by atoms with Gasteiger partial charge in [0.05, 0.1) is 41.2 Å². The number of ether oxygens (including phenoxy) is 1. The van der Waals surface area contributed by atoms with Crippen LogP contribution in [0.2, 0.25) is 0 Å². The van der Waals surface area contributed by atoms with E-state index in [1.165, 1.54) is 9.80 Å². The number of imide groups is 2. The normalized spacial score (nSPS) is 28.8. The van der Waals surface area contributed by atoms with E-state index in [9.17, 15) is 24.3 Å². The molecule has 228 valence electrons. The number of hydrogen-bond donors (Lipinski definition) is 1. The van der Waals surface area contributed by atoms with Gasteiger partial charge in [-0.05, 0) is 73.2 Å². The van der Waals surface area contributed by atoms with E-state index < -0.39 is 35.0 Å². The Hall–Kier alpha value is -4.82. The van der Waals surface area contributed by atoms with Crippen LogP contribution in [0.25, 0.3) is 6.08 Å². The largest absolute Gasteiger partial charge is 0.491 e. The molecule has 4 amide bonds. The van der Waals surface area contributed by atoms with Gasteiger partial charge in [-0.2, -0.15) is 0 Å². The van der Waals surface area contributed by atoms with Gasteiger partial charge in [-0.1, -0.05) is 66.8 Å². The molecule has 6 atom stereocenters. The number of carbonyl (C=O) groups is 4. The standard InChI is InChI=1S/C37H34N2O6/c1-3-22-9-13-25(14-10-22)38-33(41)28-18-17-27-29(31(28)35(38)43)21-30-34(42)39(24-7-5-4-6-8-24)36(44)37(30,2)32(27)23-11-15-26(16-12-23)45-20-19-40/h3-17,28-32,40H,1,18-21H2,2H3. The van der Waals surface area contributed by atoms with Gasteiger partial charge in [-0.3, -0.25) is 24.1 Å². The number of allylic oxidation sites excluding steroid dienone is 2. The molecule has 2 aliphatic heterocycles. The number of para-hydroxylation sites is 1. The van der Waals surface area contributed by atoms with Gasteiger partial charge in [-0.25, -0.2) is 4.90 Å². The lowest BCUT2D eigenvalue weighted by molar-refractivity contribution is -0.131. The number of aliphatic hydroxyl groups is 1. The molecule has 0 radical (unpaired) electrons. The Balaban J connectivity index is 1.32. The minimum absolute atomic E-state index is 0.116. The number of fused-ring (bicyclic) bond motifs is 4. The number of hydrogen-bond acceptors (Lipinski definition) is 6. The van der Waals surface area contributed by atoms with Crippen molar-refractivity contribution in [3.05, 3.63) is 108 Å². The third-order valence-corrected chi connectivity index (χ3v) is 10.2. The molecule has 6 unspecified atom stereocenters. The fraction of sp³-hybridized carbons (Fsp3) is 0.297. The maximum Gasteiger partial charge on any atom is 0.241 e. The van der Waals surface area contributed by atoms with Crippen LogP contribution in [0.4, 0.5) is 11.4 Å². The Morgan fingerprint density at radius 2 is 1.56 bits per heavy atom. The Kier molecular flexibility index (Phi) is 7.05. The van der Waals surface area contributed by atoms with Gasteiger partial charge in [0, 0.05) is 5.92 Å². The summed E-state index contributed by atoms with van der Waals surface area (Å²) >= 11 is 0. The molecule has 1 saturated carbocycles. The zero-order chi connectivity index (χ0) is 31.5. The molecule has 0 aromatic heterocycles. The number of carbonyl (C=O) groups excluding carboxylic acids is 4. The number of benzene rings is 3. The first-order chi connectivity index (χ1) is 21.8. The van der Waals surface area contributed by atoms with Crippen molar-refractivity contribution in [3.8, 4) is 5.75 Å². The summed E-state index contributed by atoms with van der Waals surface area (Å²) < 4.78 is 5.59. The van der Waals surface area contributed by atoms with E-state index in [0.29, 0.717) is 30.0 Å². The van der Waals surface area contributed by atoms with Gasteiger partial charge in [0.25, 0.3) is 0 Å². The van der Waals surface area contributed by atoms with E-state index in [1.54, 1.807) is 54.6 Å². The van der Waals surface area contributed by atoms with E-state index in [1.807, 2.05) is 43.3 Å². The van der Waals surface area contributed by atoms with Crippen molar-refractivity contribution in [1.29, 1.82) is 0 Å². The topological polar surface area (TPSA) is 104 Å². The Morgan fingerprint density at radius 1 is 0.867 bits per heavy atom. The molecule has 8 heteroatoms. The number of anilines is 2. The molecule has 1 N–H and O–H groups in total. The summed E-state index contributed by atoms with van der Waals surface area (Å²) in [5, 5.41) is 9.19. The minimum Gasteiger partial charge on any atom is -0.491 e. The maximum atomic E-state index is 14.5. The van der Waals surface area contributed by atoms with E-state index in [-0.39, 0.29) is 36.8 Å². The number of nitrogens with zero attached hydrogens (tertiary/aromatic N) is 2. The van der Waals surface area contributed by atoms with Gasteiger partial charge in [0.2, 0.25) is 23.6 Å². The lowest BCUT2D eigenvalue weighted by Gasteiger charge is -2.49. The van der Waals surface area contributed by atoms with Crippen LogP contribution in [0.5, 0.6) is 5.75 Å². The lowest BCUT2D eigenvalue weighted by Crippen LogP contribution is -2.48. The Morgan fingerprint density at radius 3 is 2.22 bits per heavy atom. The molecular formula is C37H34N2O6. The van der Waals surface area contributed by atoms with Gasteiger partial charge >= 0.3 is 0 Å². The van der Waals surface area contributed by atoms with E-state index in [2.05, 4.69) is 6.58 Å². The van der Waals surface area contributed by atoms with E-state index >= 15 is 0 Å². The first-order valence-corrected chi connectivity index (χ1v) is 15.4. The molecular weight excluding hydrogens is 568 g/mol. The lowest BCUT2D eigenvalue weighted by atomic mass is 9.51. The molecule has 4 aliphatic rings. The van der Waals surface area contributed by atoms with E-state index in [0.717, 1.165) is 16.7 Å². The second-order valence-electron chi connectivity index (χ2n) is 12.4. The summed E-state index contributed by atoms with van der Waals surface area (Å²) in [5.41, 5.74) is 2.57. The van der Waals surface area contributed by atoms with Gasteiger partial charge in [0.15, 0.2) is 0 Å². The average molecular weight is 603 g/mol. The number of aliphatic hydroxyl groups excluding tert-OH is 1. The molecule has 0 spiro atoms. The van der Waals surface area contributed by atoms with Gasteiger partial charge in [0.1, 0.15) is 12.4 Å². The molecule has 0 bridgehead atoms. The first kappa shape index (κ1) is 28.9. The quantitative estimate of drug-likeness (QED) is 0.297. The van der Waals surface area contributed by atoms with Crippen LogP contribution < -0.4 is 14.5 Å². The predicted molar refractivity (Wildman–Crippen MR) is 169 cm³/mol. The number of rotatable bonds is 7. The van der Waals surface area contributed by atoms with Crippen LogP contribution in [0, 0.1) is 29.1 Å². The van der Waals surface area contributed by atoms with Crippen LogP contribution in [0.15, 0.2) is 97.1 Å². The summed E-state index contributed by atoms with van der Waals surface area (Å²) in [6.45, 7) is 5.70. The molecule has 2 aliphatic carbocycles. The number of amides is 4. The second-order valence-corrected chi connectivity index (χ2v) is 12.4. The third kappa shape index (κ3) is 4.30. The Labute approximate surface area is 261 Å². The summed E-state index contributed by atoms with van der Waals surface area (Å²) in [5.74, 6) is -3.22. The second kappa shape index (κ2) is 11.0. The monoisotopic (exact) mass is 602 g/mol. The molecule has 2 heterocycles. The summed E-state index contributed by atoms with van der Waals surface area (Å²) in [4.78, 5) is 59.3. The van der Waals surface area contributed by atoms with Crippen molar-refractivity contribution in [3.63, 3.8) is 0 Å². The molecule has 3 aromatic rings. The van der Waals surface area contributed by atoms with Crippen molar-refractivity contribution in [2.24, 2.45) is 29.1 Å². The zero-order valence-electron chi connectivity index (χ0n) is 25.0. The minimum atomic E-state index is -1.11. The zero-order valence-corrected chi connectivity index (χ0v) is 25.0. The molecule has 8 nitrogen and oxygen atoms in total. The molecule has 3 aromatic carbocycles. The highest BCUT2D eigenvalue weighted by molar-refractivity contribution is 6.25. The summed E-state index contributed by atoms with van der Waals surface area (Å²) in [7, 11) is 0. The molecule has 2 saturated heterocycles. The van der Waals surface area contributed by atoms with Crippen molar-refractivity contribution in [1.82, 2.24) is 0 Å². The first-order valence-electron chi connectivity index (χ1n) is 15.4. The molecule has 45 heavy (non-hydrogen) atoms. The molecule has 3 fully saturated rings. The summed E-state index contributed by atoms with van der Waals surface area (Å²) in [6, 6.07) is 23.5. The van der Waals surface area contributed by atoms with Crippen molar-refractivity contribution < 1.29 is 29.0 Å². The van der Waals surface area contributed by atoms with Crippen LogP contribution >= 0.6 is 0 Å². The Bertz CT molecular complexity index is 1730. The summed E-state index contributed by atoms with van der Waals surface area (Å²) in [6.07, 6.45) is 4.43. The van der Waals surface area contributed by atoms with Gasteiger partial charge < -0.3 is 9.84 Å². The fourth-order valence-corrected chi connectivity index (χ4v) is 8.15. The van der Waals surface area contributed by atoms with Crippen LogP contribution in [-0.4, -0.2) is 41.9 Å². The van der Waals surface area contributed by atoms with Crippen LogP contribution in [0.3, 0.4) is 0 Å². The van der Waals surface area contributed by atoms with Crippen LogP contribution in [-0.2, 0) is 19.2 Å². The smallest absolute Gasteiger partial charge is 0.241 e. The van der Waals surface area contributed by atoms with Crippen molar-refractivity contribution >= 4 is 41.1 Å². The maximum absolute atomic E-state index is 14.5.